The van der Waals surface area contributed by atoms with Crippen LogP contribution in [0.3, 0.4) is 0 Å². The first-order chi connectivity index (χ1) is 14.8. The number of hydrogen-bond donors (Lipinski definition) is 2. The van der Waals surface area contributed by atoms with E-state index in [1.54, 1.807) is 12.1 Å². The zero-order valence-electron chi connectivity index (χ0n) is 16.4. The Hall–Kier alpha value is -3.09. The van der Waals surface area contributed by atoms with Gasteiger partial charge in [0.25, 0.3) is 0 Å². The van der Waals surface area contributed by atoms with Crippen molar-refractivity contribution in [3.63, 3.8) is 0 Å². The van der Waals surface area contributed by atoms with Crippen LogP contribution < -0.4 is 11.1 Å². The van der Waals surface area contributed by atoms with Crippen LogP contribution in [-0.2, 0) is 10.9 Å². The molecule has 0 bridgehead atoms. The third-order valence-corrected chi connectivity index (χ3v) is 4.55. The Labute approximate surface area is 185 Å². The number of aliphatic imine (C=N–C) groups is 1. The number of hydrogen-bond acceptors (Lipinski definition) is 6. The predicted octanol–water partition coefficient (Wildman–Crippen LogP) is 2.94. The molecule has 3 aromatic rings. The molecule has 1 aliphatic heterocycles. The standard InChI is InChI=1S/C19H17F4N7O.ClH/c20-14-5-12(1-2-13(14)15-7-25-3-4-31-15)29-18(24)11-6-28-30(10-11)17-9-26-16(8-27-17)19(21,22)23;/h1-2,5-6,8-10,15,25H,3-4,7H2,(H2,24,29);1H/t15-;/m1./s1. The van der Waals surface area contributed by atoms with Crippen molar-refractivity contribution < 1.29 is 22.3 Å². The summed E-state index contributed by atoms with van der Waals surface area (Å²) in [6.45, 7) is 1.75. The Balaban J connectivity index is 0.00000289. The molecule has 13 heteroatoms. The normalized spacial score (nSPS) is 17.1. The number of nitrogens with one attached hydrogen (secondary N) is 1. The van der Waals surface area contributed by atoms with Crippen molar-refractivity contribution in [1.29, 1.82) is 0 Å². The largest absolute Gasteiger partial charge is 0.434 e. The zero-order valence-corrected chi connectivity index (χ0v) is 17.2. The zero-order chi connectivity index (χ0) is 22.0. The van der Waals surface area contributed by atoms with E-state index in [4.69, 9.17) is 10.5 Å². The maximum absolute atomic E-state index is 14.5. The lowest BCUT2D eigenvalue weighted by Crippen LogP contribution is -2.33. The number of halogens is 5. The average Bonchev–Trinajstić information content (AvgIpc) is 3.24. The van der Waals surface area contributed by atoms with Crippen LogP contribution in [0.2, 0.25) is 0 Å². The van der Waals surface area contributed by atoms with Crippen molar-refractivity contribution in [2.24, 2.45) is 10.7 Å². The van der Waals surface area contributed by atoms with Gasteiger partial charge in [-0.25, -0.2) is 24.0 Å². The van der Waals surface area contributed by atoms with Crippen LogP contribution in [0.1, 0.15) is 22.9 Å². The van der Waals surface area contributed by atoms with Gasteiger partial charge in [0.15, 0.2) is 11.5 Å². The molecule has 3 N–H and O–H groups in total. The summed E-state index contributed by atoms with van der Waals surface area (Å²) in [7, 11) is 0. The Bertz CT molecular complexity index is 1100. The summed E-state index contributed by atoms with van der Waals surface area (Å²) in [5.74, 6) is -0.337. The molecule has 1 saturated heterocycles. The number of benzene rings is 1. The number of amidine groups is 1. The van der Waals surface area contributed by atoms with E-state index >= 15 is 0 Å². The van der Waals surface area contributed by atoms with Gasteiger partial charge in [0.1, 0.15) is 11.7 Å². The first kappa shape index (κ1) is 23.6. The highest BCUT2D eigenvalue weighted by Crippen LogP contribution is 2.27. The monoisotopic (exact) mass is 471 g/mol. The van der Waals surface area contributed by atoms with Gasteiger partial charge in [0.05, 0.1) is 42.6 Å². The number of alkyl halides is 3. The summed E-state index contributed by atoms with van der Waals surface area (Å²) in [4.78, 5) is 11.2. The highest BCUT2D eigenvalue weighted by atomic mass is 35.5. The molecule has 32 heavy (non-hydrogen) atoms. The van der Waals surface area contributed by atoms with E-state index < -0.39 is 17.7 Å². The molecule has 1 aromatic carbocycles. The van der Waals surface area contributed by atoms with E-state index in [-0.39, 0.29) is 30.2 Å². The van der Waals surface area contributed by atoms with Crippen LogP contribution in [0.4, 0.5) is 23.2 Å². The molecule has 0 unspecified atom stereocenters. The minimum absolute atomic E-state index is 0. The minimum atomic E-state index is -4.58. The number of nitrogens with two attached hydrogens (primary N) is 1. The first-order valence-corrected chi connectivity index (χ1v) is 9.22. The number of ether oxygens (including phenoxy) is 1. The fraction of sp³-hybridized carbons (Fsp3) is 0.263. The molecule has 1 atom stereocenters. The Morgan fingerprint density at radius 3 is 2.66 bits per heavy atom. The molecule has 0 radical (unpaired) electrons. The van der Waals surface area contributed by atoms with Crippen molar-refractivity contribution in [2.75, 3.05) is 19.7 Å². The predicted molar refractivity (Wildman–Crippen MR) is 110 cm³/mol. The molecule has 4 rings (SSSR count). The second-order valence-electron chi connectivity index (χ2n) is 6.70. The van der Waals surface area contributed by atoms with E-state index in [0.717, 1.165) is 12.7 Å². The lowest BCUT2D eigenvalue weighted by molar-refractivity contribution is -0.141. The molecule has 0 spiro atoms. The summed E-state index contributed by atoms with van der Waals surface area (Å²) in [6, 6.07) is 4.47. The van der Waals surface area contributed by atoms with E-state index in [1.165, 1.54) is 23.1 Å². The molecule has 8 nitrogen and oxygen atoms in total. The van der Waals surface area contributed by atoms with Crippen LogP contribution in [0.5, 0.6) is 0 Å². The smallest absolute Gasteiger partial charge is 0.383 e. The fourth-order valence-electron chi connectivity index (χ4n) is 2.98. The van der Waals surface area contributed by atoms with Gasteiger partial charge in [0.2, 0.25) is 0 Å². The van der Waals surface area contributed by atoms with E-state index in [0.29, 0.717) is 36.2 Å². The summed E-state index contributed by atoms with van der Waals surface area (Å²) >= 11 is 0. The fourth-order valence-corrected chi connectivity index (χ4v) is 2.98. The quantitative estimate of drug-likeness (QED) is 0.344. The molecule has 2 aromatic heterocycles. The minimum Gasteiger partial charge on any atom is -0.383 e. The molecule has 1 fully saturated rings. The Kier molecular flexibility index (Phi) is 7.06. The van der Waals surface area contributed by atoms with E-state index in [2.05, 4.69) is 25.4 Å². The summed E-state index contributed by atoms with van der Waals surface area (Å²) in [5, 5.41) is 7.15. The van der Waals surface area contributed by atoms with Gasteiger partial charge >= 0.3 is 6.18 Å². The number of nitrogens with zero attached hydrogens (tertiary/aromatic N) is 5. The molecule has 1 aliphatic rings. The van der Waals surface area contributed by atoms with Crippen LogP contribution >= 0.6 is 12.4 Å². The maximum atomic E-state index is 14.5. The topological polar surface area (TPSA) is 103 Å². The van der Waals surface area contributed by atoms with Gasteiger partial charge in [0, 0.05) is 24.8 Å². The average molecular weight is 472 g/mol. The molecular formula is C19H18ClF4N7O. The maximum Gasteiger partial charge on any atom is 0.434 e. The second kappa shape index (κ2) is 9.59. The third kappa shape index (κ3) is 5.21. The van der Waals surface area contributed by atoms with Gasteiger partial charge in [-0.2, -0.15) is 18.3 Å². The second-order valence-corrected chi connectivity index (χ2v) is 6.70. The Morgan fingerprint density at radius 2 is 2.03 bits per heavy atom. The van der Waals surface area contributed by atoms with Gasteiger partial charge in [-0.15, -0.1) is 12.4 Å². The third-order valence-electron chi connectivity index (χ3n) is 4.55. The van der Waals surface area contributed by atoms with Crippen LogP contribution in [0.25, 0.3) is 5.82 Å². The van der Waals surface area contributed by atoms with Gasteiger partial charge in [-0.1, -0.05) is 6.07 Å². The van der Waals surface area contributed by atoms with Crippen LogP contribution in [0.15, 0.2) is 48.0 Å². The van der Waals surface area contributed by atoms with Crippen molar-refractivity contribution in [1.82, 2.24) is 25.1 Å². The summed E-state index contributed by atoms with van der Waals surface area (Å²) in [6.07, 6.45) is -0.588. The first-order valence-electron chi connectivity index (χ1n) is 9.22. The highest BCUT2D eigenvalue weighted by Gasteiger charge is 2.32. The Morgan fingerprint density at radius 1 is 1.22 bits per heavy atom. The highest BCUT2D eigenvalue weighted by molar-refractivity contribution is 5.98. The molecule has 0 saturated carbocycles. The van der Waals surface area contributed by atoms with Gasteiger partial charge in [-0.05, 0) is 12.1 Å². The summed E-state index contributed by atoms with van der Waals surface area (Å²) < 4.78 is 59.1. The molecular weight excluding hydrogens is 454 g/mol. The SMILES string of the molecule is Cl.NC(=Nc1ccc([C@H]2CNCCO2)c(F)c1)c1cnn(-c2cnc(C(F)(F)F)cn2)c1. The summed E-state index contributed by atoms with van der Waals surface area (Å²) in [5.41, 5.74) is 5.98. The van der Waals surface area contributed by atoms with Crippen molar-refractivity contribution in [2.45, 2.75) is 12.3 Å². The van der Waals surface area contributed by atoms with E-state index in [9.17, 15) is 17.6 Å². The number of rotatable bonds is 4. The lowest BCUT2D eigenvalue weighted by atomic mass is 10.1. The van der Waals surface area contributed by atoms with E-state index in [1.807, 2.05) is 0 Å². The molecule has 0 amide bonds. The van der Waals surface area contributed by atoms with Crippen LogP contribution in [0, 0.1) is 5.82 Å². The number of aromatic nitrogens is 4. The van der Waals surface area contributed by atoms with Gasteiger partial charge < -0.3 is 15.8 Å². The molecule has 170 valence electrons. The van der Waals surface area contributed by atoms with Crippen LogP contribution in [-0.4, -0.2) is 45.3 Å². The molecule has 3 heterocycles. The molecule has 0 aliphatic carbocycles. The van der Waals surface area contributed by atoms with Crippen molar-refractivity contribution in [3.8, 4) is 5.82 Å². The van der Waals surface area contributed by atoms with Gasteiger partial charge in [-0.3, -0.25) is 0 Å². The van der Waals surface area contributed by atoms with Crippen molar-refractivity contribution in [3.05, 3.63) is 65.6 Å². The lowest BCUT2D eigenvalue weighted by Gasteiger charge is -2.24. The van der Waals surface area contributed by atoms with Crippen molar-refractivity contribution >= 4 is 23.9 Å². The number of morpholine rings is 1.